The van der Waals surface area contributed by atoms with Crippen LogP contribution in [-0.4, -0.2) is 16.7 Å². The van der Waals surface area contributed by atoms with Crippen LogP contribution in [0.4, 0.5) is 0 Å². The average Bonchev–Trinajstić information content (AvgIpc) is 2.34. The number of thiazole rings is 1. The quantitative estimate of drug-likeness (QED) is 0.735. The van der Waals surface area contributed by atoms with Gasteiger partial charge in [0.1, 0.15) is 5.01 Å². The lowest BCUT2D eigenvalue weighted by Gasteiger charge is -2.00. The van der Waals surface area contributed by atoms with E-state index in [0.717, 1.165) is 9.88 Å². The molecule has 3 N–H and O–H groups in total. The van der Waals surface area contributed by atoms with Crippen LogP contribution in [0.15, 0.2) is 6.20 Å². The van der Waals surface area contributed by atoms with Gasteiger partial charge < -0.3 is 10.8 Å². The van der Waals surface area contributed by atoms with Crippen molar-refractivity contribution in [2.24, 2.45) is 5.73 Å². The summed E-state index contributed by atoms with van der Waals surface area (Å²) in [5.41, 5.74) is 5.51. The normalized spacial score (nSPS) is 12.3. The fraction of sp³-hybridized carbons (Fsp3) is 0.500. The number of hydrogen-bond acceptors (Lipinski definition) is 4. The molecule has 64 valence electrons. The highest BCUT2D eigenvalue weighted by Gasteiger charge is 2.06. The van der Waals surface area contributed by atoms with E-state index in [1.807, 2.05) is 6.92 Å². The van der Waals surface area contributed by atoms with Crippen LogP contribution in [0.25, 0.3) is 0 Å². The molecule has 0 radical (unpaired) electrons. The van der Waals surface area contributed by atoms with Crippen LogP contribution in [0.3, 0.4) is 0 Å². The minimum atomic E-state index is -0.307. The SMILES string of the molecule is Cc1cnc([C@H](N)CO)s1.Cl. The average molecular weight is 195 g/mol. The molecular formula is C6H11ClN2OS. The van der Waals surface area contributed by atoms with Crippen molar-refractivity contribution in [1.82, 2.24) is 4.98 Å². The first kappa shape index (κ1) is 10.8. The van der Waals surface area contributed by atoms with Crippen LogP contribution >= 0.6 is 23.7 Å². The number of aryl methyl sites for hydroxylation is 1. The summed E-state index contributed by atoms with van der Waals surface area (Å²) in [6.07, 6.45) is 1.76. The summed E-state index contributed by atoms with van der Waals surface area (Å²) in [5, 5.41) is 9.44. The van der Waals surface area contributed by atoms with Crippen molar-refractivity contribution in [2.45, 2.75) is 13.0 Å². The van der Waals surface area contributed by atoms with Crippen LogP contribution in [-0.2, 0) is 0 Å². The second-order valence-corrected chi connectivity index (χ2v) is 3.36. The summed E-state index contributed by atoms with van der Waals surface area (Å²) in [7, 11) is 0. The van der Waals surface area contributed by atoms with Gasteiger partial charge in [0, 0.05) is 11.1 Å². The summed E-state index contributed by atoms with van der Waals surface area (Å²) in [4.78, 5) is 5.14. The zero-order valence-electron chi connectivity index (χ0n) is 6.15. The molecule has 0 spiro atoms. The molecule has 0 aliphatic heterocycles. The summed E-state index contributed by atoms with van der Waals surface area (Å²) in [6, 6.07) is -0.307. The number of nitrogens with zero attached hydrogens (tertiary/aromatic N) is 1. The molecule has 3 nitrogen and oxygen atoms in total. The Kier molecular flexibility index (Phi) is 4.60. The fourth-order valence-electron chi connectivity index (χ4n) is 0.622. The van der Waals surface area contributed by atoms with Crippen molar-refractivity contribution in [3.8, 4) is 0 Å². The lowest BCUT2D eigenvalue weighted by Crippen LogP contribution is -2.13. The Morgan fingerprint density at radius 1 is 1.82 bits per heavy atom. The molecule has 5 heteroatoms. The monoisotopic (exact) mass is 194 g/mol. The van der Waals surface area contributed by atoms with Gasteiger partial charge in [-0.2, -0.15) is 0 Å². The zero-order chi connectivity index (χ0) is 7.56. The Hall–Kier alpha value is -0.160. The predicted molar refractivity (Wildman–Crippen MR) is 48.1 cm³/mol. The summed E-state index contributed by atoms with van der Waals surface area (Å²) < 4.78 is 0. The molecule has 1 atom stereocenters. The fourth-order valence-corrected chi connectivity index (χ4v) is 1.39. The molecule has 0 saturated carbocycles. The van der Waals surface area contributed by atoms with E-state index in [-0.39, 0.29) is 25.1 Å². The standard InChI is InChI=1S/C6H10N2OS.ClH/c1-4-2-8-6(10-4)5(7)3-9;/h2,5,9H,3,7H2,1H3;1H/t5-;/m1./s1. The van der Waals surface area contributed by atoms with Crippen LogP contribution in [0.2, 0.25) is 0 Å². The summed E-state index contributed by atoms with van der Waals surface area (Å²) in [5.74, 6) is 0. The van der Waals surface area contributed by atoms with Crippen molar-refractivity contribution < 1.29 is 5.11 Å². The number of aliphatic hydroxyl groups is 1. The molecule has 0 unspecified atom stereocenters. The second kappa shape index (κ2) is 4.66. The van der Waals surface area contributed by atoms with E-state index in [0.29, 0.717) is 0 Å². The molecule has 0 amide bonds. The van der Waals surface area contributed by atoms with E-state index in [2.05, 4.69) is 4.98 Å². The van der Waals surface area contributed by atoms with Crippen molar-refractivity contribution in [3.63, 3.8) is 0 Å². The van der Waals surface area contributed by atoms with Gasteiger partial charge in [0.15, 0.2) is 0 Å². The Balaban J connectivity index is 0.000001000. The molecule has 11 heavy (non-hydrogen) atoms. The molecule has 1 aromatic heterocycles. The van der Waals surface area contributed by atoms with E-state index < -0.39 is 0 Å². The van der Waals surface area contributed by atoms with E-state index in [9.17, 15) is 0 Å². The van der Waals surface area contributed by atoms with Gasteiger partial charge in [-0.25, -0.2) is 4.98 Å². The van der Waals surface area contributed by atoms with Crippen LogP contribution in [0.1, 0.15) is 15.9 Å². The lowest BCUT2D eigenvalue weighted by atomic mass is 10.4. The van der Waals surface area contributed by atoms with Crippen LogP contribution in [0.5, 0.6) is 0 Å². The Morgan fingerprint density at radius 3 is 2.82 bits per heavy atom. The van der Waals surface area contributed by atoms with E-state index in [4.69, 9.17) is 10.8 Å². The van der Waals surface area contributed by atoms with E-state index >= 15 is 0 Å². The molecule has 0 aliphatic rings. The topological polar surface area (TPSA) is 59.1 Å². The minimum absolute atomic E-state index is 0. The number of halogens is 1. The van der Waals surface area contributed by atoms with Crippen LogP contribution < -0.4 is 5.73 Å². The molecule has 0 fully saturated rings. The van der Waals surface area contributed by atoms with Gasteiger partial charge in [0.05, 0.1) is 12.6 Å². The first-order chi connectivity index (χ1) is 4.74. The molecule has 1 heterocycles. The number of aliphatic hydroxyl groups excluding tert-OH is 1. The summed E-state index contributed by atoms with van der Waals surface area (Å²) in [6.45, 7) is 1.93. The first-order valence-corrected chi connectivity index (χ1v) is 3.84. The summed E-state index contributed by atoms with van der Waals surface area (Å²) >= 11 is 1.52. The van der Waals surface area contributed by atoms with Gasteiger partial charge in [0.25, 0.3) is 0 Å². The van der Waals surface area contributed by atoms with Gasteiger partial charge in [-0.3, -0.25) is 0 Å². The van der Waals surface area contributed by atoms with Gasteiger partial charge >= 0.3 is 0 Å². The predicted octanol–water partition coefficient (Wildman–Crippen LogP) is 0.865. The molecule has 0 aliphatic carbocycles. The number of nitrogens with two attached hydrogens (primary N) is 1. The Bertz CT molecular complexity index is 216. The van der Waals surface area contributed by atoms with Crippen molar-refractivity contribution in [2.75, 3.05) is 6.61 Å². The van der Waals surface area contributed by atoms with Crippen molar-refractivity contribution >= 4 is 23.7 Å². The Morgan fingerprint density at radius 2 is 2.45 bits per heavy atom. The third-order valence-electron chi connectivity index (χ3n) is 1.15. The highest BCUT2D eigenvalue weighted by Crippen LogP contribution is 2.16. The number of hydrogen-bond donors (Lipinski definition) is 2. The second-order valence-electron chi connectivity index (χ2n) is 2.10. The molecule has 0 bridgehead atoms. The molecular weight excluding hydrogens is 184 g/mol. The highest BCUT2D eigenvalue weighted by atomic mass is 35.5. The Labute approximate surface area is 75.7 Å². The van der Waals surface area contributed by atoms with Gasteiger partial charge in [-0.15, -0.1) is 23.7 Å². The van der Waals surface area contributed by atoms with Gasteiger partial charge in [-0.1, -0.05) is 0 Å². The first-order valence-electron chi connectivity index (χ1n) is 3.03. The molecule has 1 aromatic rings. The number of aromatic nitrogens is 1. The van der Waals surface area contributed by atoms with E-state index in [1.54, 1.807) is 6.20 Å². The van der Waals surface area contributed by atoms with Crippen molar-refractivity contribution in [3.05, 3.63) is 16.1 Å². The lowest BCUT2D eigenvalue weighted by molar-refractivity contribution is 0.267. The van der Waals surface area contributed by atoms with Gasteiger partial charge in [-0.05, 0) is 6.92 Å². The number of rotatable bonds is 2. The maximum absolute atomic E-state index is 8.64. The molecule has 0 aromatic carbocycles. The van der Waals surface area contributed by atoms with Crippen LogP contribution in [0, 0.1) is 6.92 Å². The largest absolute Gasteiger partial charge is 0.394 e. The highest BCUT2D eigenvalue weighted by molar-refractivity contribution is 7.11. The van der Waals surface area contributed by atoms with E-state index in [1.165, 1.54) is 11.3 Å². The maximum Gasteiger partial charge on any atom is 0.112 e. The molecule has 0 saturated heterocycles. The molecule has 1 rings (SSSR count). The maximum atomic E-state index is 8.64. The minimum Gasteiger partial charge on any atom is -0.394 e. The van der Waals surface area contributed by atoms with Crippen molar-refractivity contribution in [1.29, 1.82) is 0 Å². The third kappa shape index (κ3) is 2.75. The third-order valence-corrected chi connectivity index (χ3v) is 2.20. The van der Waals surface area contributed by atoms with Gasteiger partial charge in [0.2, 0.25) is 0 Å². The zero-order valence-corrected chi connectivity index (χ0v) is 7.78. The smallest absolute Gasteiger partial charge is 0.112 e.